The summed E-state index contributed by atoms with van der Waals surface area (Å²) in [4.78, 5) is 27.8. The summed E-state index contributed by atoms with van der Waals surface area (Å²) in [6, 6.07) is 5.94. The molecule has 0 aliphatic carbocycles. The molecule has 2 amide bonds. The van der Waals surface area contributed by atoms with E-state index in [-0.39, 0.29) is 23.6 Å². The quantitative estimate of drug-likeness (QED) is 0.324. The van der Waals surface area contributed by atoms with E-state index in [1.807, 2.05) is 12.1 Å². The van der Waals surface area contributed by atoms with Crippen LogP contribution >= 0.6 is 0 Å². The van der Waals surface area contributed by atoms with E-state index >= 15 is 0 Å². The minimum Gasteiger partial charge on any atom is -0.465 e. The van der Waals surface area contributed by atoms with Crippen molar-refractivity contribution in [3.63, 3.8) is 0 Å². The third-order valence-corrected chi connectivity index (χ3v) is 10.7. The van der Waals surface area contributed by atoms with Crippen molar-refractivity contribution < 1.29 is 18.8 Å². The molecular formula is C23H39N3O4Si. The van der Waals surface area contributed by atoms with Crippen molar-refractivity contribution in [3.05, 3.63) is 23.8 Å². The minimum absolute atomic E-state index is 0.00149. The molecular weight excluding hydrogens is 410 g/mol. The third-order valence-electron chi connectivity index (χ3n) is 6.17. The Morgan fingerprint density at radius 3 is 2.52 bits per heavy atom. The summed E-state index contributed by atoms with van der Waals surface area (Å²) in [5.41, 5.74) is 3.03. The number of hydrogen-bond donors (Lipinski definition) is 1. The van der Waals surface area contributed by atoms with E-state index in [0.29, 0.717) is 26.3 Å². The molecule has 1 aromatic rings. The lowest BCUT2D eigenvalue weighted by molar-refractivity contribution is -0.143. The molecule has 1 aliphatic heterocycles. The Labute approximate surface area is 188 Å². The smallest absolute Gasteiger partial charge is 0.325 e. The van der Waals surface area contributed by atoms with Crippen molar-refractivity contribution in [1.29, 1.82) is 0 Å². The predicted octanol–water partition coefficient (Wildman–Crippen LogP) is 4.49. The van der Waals surface area contributed by atoms with E-state index in [1.165, 1.54) is 0 Å². The molecule has 1 saturated heterocycles. The van der Waals surface area contributed by atoms with Gasteiger partial charge in [0.2, 0.25) is 0 Å². The maximum absolute atomic E-state index is 12.8. The summed E-state index contributed by atoms with van der Waals surface area (Å²) in [5.74, 6) is -0.368. The third kappa shape index (κ3) is 6.46. The zero-order valence-electron chi connectivity index (χ0n) is 20.2. The summed E-state index contributed by atoms with van der Waals surface area (Å²) in [6.45, 7) is 17.9. The molecule has 8 heteroatoms. The first-order chi connectivity index (χ1) is 14.5. The van der Waals surface area contributed by atoms with Gasteiger partial charge in [0.1, 0.15) is 6.54 Å². The first-order valence-corrected chi connectivity index (χ1v) is 14.1. The molecule has 1 fully saturated rings. The number of nitrogens with zero attached hydrogens (tertiary/aromatic N) is 2. The first-order valence-electron chi connectivity index (χ1n) is 11.2. The van der Waals surface area contributed by atoms with Gasteiger partial charge in [0.05, 0.1) is 13.2 Å². The number of benzene rings is 1. The highest BCUT2D eigenvalue weighted by atomic mass is 28.4. The van der Waals surface area contributed by atoms with Gasteiger partial charge in [-0.15, -0.1) is 0 Å². The molecule has 1 N–H and O–H groups in total. The van der Waals surface area contributed by atoms with Gasteiger partial charge in [-0.05, 0) is 55.2 Å². The molecule has 1 aromatic carbocycles. The van der Waals surface area contributed by atoms with Crippen LogP contribution in [0.15, 0.2) is 18.2 Å². The number of rotatable bonds is 10. The number of anilines is 2. The SMILES string of the molecule is CCOC(=O)CN1CCN(c2ccc(NCCO[Si](C)(C)C(C)(C)C)cc2CC)C1=O. The molecule has 1 heterocycles. The molecule has 174 valence electrons. The fraction of sp³-hybridized carbons (Fsp3) is 0.652. The Hall–Kier alpha value is -2.06. The number of hydrogen-bond acceptors (Lipinski definition) is 5. The summed E-state index contributed by atoms with van der Waals surface area (Å²) in [7, 11) is -1.74. The lowest BCUT2D eigenvalue weighted by Gasteiger charge is -2.36. The Bertz CT molecular complexity index is 777. The van der Waals surface area contributed by atoms with Crippen LogP contribution in [0.5, 0.6) is 0 Å². The highest BCUT2D eigenvalue weighted by Crippen LogP contribution is 2.36. The average Bonchev–Trinajstić information content (AvgIpc) is 3.04. The average molecular weight is 450 g/mol. The van der Waals surface area contributed by atoms with Gasteiger partial charge >= 0.3 is 12.0 Å². The summed E-state index contributed by atoms with van der Waals surface area (Å²) >= 11 is 0. The number of carbonyl (C=O) groups is 2. The highest BCUT2D eigenvalue weighted by Gasteiger charge is 2.37. The molecule has 0 atom stereocenters. The molecule has 7 nitrogen and oxygen atoms in total. The van der Waals surface area contributed by atoms with Crippen LogP contribution < -0.4 is 10.2 Å². The van der Waals surface area contributed by atoms with Crippen LogP contribution in [0.4, 0.5) is 16.2 Å². The van der Waals surface area contributed by atoms with Crippen LogP contribution in [-0.4, -0.2) is 64.6 Å². The number of aryl methyl sites for hydroxylation is 1. The van der Waals surface area contributed by atoms with Gasteiger partial charge in [-0.25, -0.2) is 4.79 Å². The topological polar surface area (TPSA) is 71.1 Å². The van der Waals surface area contributed by atoms with E-state index in [9.17, 15) is 9.59 Å². The Morgan fingerprint density at radius 1 is 1.19 bits per heavy atom. The Balaban J connectivity index is 1.97. The second-order valence-electron chi connectivity index (χ2n) is 9.39. The molecule has 31 heavy (non-hydrogen) atoms. The molecule has 0 unspecified atom stereocenters. The van der Waals surface area contributed by atoms with Crippen molar-refractivity contribution >= 4 is 31.7 Å². The van der Waals surface area contributed by atoms with Crippen molar-refractivity contribution in [1.82, 2.24) is 4.90 Å². The molecule has 0 bridgehead atoms. The first kappa shape index (κ1) is 25.2. The summed E-state index contributed by atoms with van der Waals surface area (Å²) < 4.78 is 11.2. The predicted molar refractivity (Wildman–Crippen MR) is 128 cm³/mol. The Kier molecular flexibility index (Phi) is 8.54. The number of nitrogens with one attached hydrogen (secondary N) is 1. The zero-order chi connectivity index (χ0) is 23.2. The lowest BCUT2D eigenvalue weighted by Crippen LogP contribution is -2.41. The summed E-state index contributed by atoms with van der Waals surface area (Å²) in [5, 5.41) is 3.65. The maximum Gasteiger partial charge on any atom is 0.325 e. The van der Waals surface area contributed by atoms with Gasteiger partial charge in [0.25, 0.3) is 0 Å². The van der Waals surface area contributed by atoms with Crippen molar-refractivity contribution in [2.24, 2.45) is 0 Å². The second-order valence-corrected chi connectivity index (χ2v) is 14.2. The molecule has 0 aromatic heterocycles. The van der Waals surface area contributed by atoms with E-state index < -0.39 is 8.32 Å². The van der Waals surface area contributed by atoms with Crippen LogP contribution in [0.1, 0.15) is 40.2 Å². The standard InChI is InChI=1S/C23H39N3O4Si/c1-8-18-16-19(24-12-15-30-31(6,7)23(3,4)5)10-11-20(18)26-14-13-25(22(26)28)17-21(27)29-9-2/h10-11,16,24H,8-9,12-15,17H2,1-7H3. The van der Waals surface area contributed by atoms with Crippen LogP contribution in [0.3, 0.4) is 0 Å². The van der Waals surface area contributed by atoms with E-state index in [4.69, 9.17) is 9.16 Å². The summed E-state index contributed by atoms with van der Waals surface area (Å²) in [6.07, 6.45) is 0.812. The fourth-order valence-corrected chi connectivity index (χ4v) is 4.32. The van der Waals surface area contributed by atoms with Gasteiger partial charge in [-0.3, -0.25) is 9.69 Å². The number of ether oxygens (including phenoxy) is 1. The van der Waals surface area contributed by atoms with Crippen molar-refractivity contribution in [2.75, 3.05) is 49.6 Å². The van der Waals surface area contributed by atoms with Crippen molar-refractivity contribution in [3.8, 4) is 0 Å². The molecule has 0 spiro atoms. The van der Waals surface area contributed by atoms with E-state index in [1.54, 1.807) is 16.7 Å². The highest BCUT2D eigenvalue weighted by molar-refractivity contribution is 6.74. The van der Waals surface area contributed by atoms with Crippen molar-refractivity contribution in [2.45, 2.75) is 59.2 Å². The monoisotopic (exact) mass is 449 g/mol. The maximum atomic E-state index is 12.8. The fourth-order valence-electron chi connectivity index (χ4n) is 3.28. The number of amides is 2. The van der Waals surface area contributed by atoms with E-state index in [0.717, 1.165) is 29.9 Å². The number of carbonyl (C=O) groups excluding carboxylic acids is 2. The Morgan fingerprint density at radius 2 is 1.90 bits per heavy atom. The zero-order valence-corrected chi connectivity index (χ0v) is 21.2. The van der Waals surface area contributed by atoms with Gasteiger partial charge in [-0.1, -0.05) is 27.7 Å². The normalized spacial score (nSPS) is 14.9. The molecule has 1 aliphatic rings. The van der Waals surface area contributed by atoms with Gasteiger partial charge in [-0.2, -0.15) is 0 Å². The van der Waals surface area contributed by atoms with Crippen LogP contribution in [0.25, 0.3) is 0 Å². The van der Waals surface area contributed by atoms with Gasteiger partial charge < -0.3 is 19.4 Å². The molecule has 2 rings (SSSR count). The van der Waals surface area contributed by atoms with Crippen LogP contribution in [0, 0.1) is 0 Å². The van der Waals surface area contributed by atoms with Crippen LogP contribution in [-0.2, 0) is 20.4 Å². The van der Waals surface area contributed by atoms with Gasteiger partial charge in [0, 0.05) is 31.0 Å². The molecule has 0 saturated carbocycles. The lowest BCUT2D eigenvalue weighted by atomic mass is 10.1. The largest absolute Gasteiger partial charge is 0.465 e. The van der Waals surface area contributed by atoms with Crippen LogP contribution in [0.2, 0.25) is 18.1 Å². The minimum atomic E-state index is -1.74. The van der Waals surface area contributed by atoms with Gasteiger partial charge in [0.15, 0.2) is 8.32 Å². The second kappa shape index (κ2) is 10.5. The van der Waals surface area contributed by atoms with E-state index in [2.05, 4.69) is 52.2 Å². The number of urea groups is 1. The number of esters is 1. The molecule has 0 radical (unpaired) electrons.